The Bertz CT molecular complexity index is 614. The van der Waals surface area contributed by atoms with Gasteiger partial charge in [-0.05, 0) is 25.7 Å². The van der Waals surface area contributed by atoms with E-state index in [2.05, 4.69) is 33.4 Å². The number of aliphatic hydroxyl groups is 1. The largest absolute Gasteiger partial charge is 0.396 e. The number of imidazole rings is 1. The number of aromatic nitrogens is 4. The quantitative estimate of drug-likeness (QED) is 0.940. The summed E-state index contributed by atoms with van der Waals surface area (Å²) in [6.45, 7) is 11.2. The standard InChI is InChI=1S/C14H20N4O.C2H6/c1-9(2)11-12-13(17-10(3)16-11)18(8-15-12)6-14(7-19)4-5-14;1-2/h8-9,19H,4-7H2,1-3H3;1-2H3. The Morgan fingerprint density at radius 2 is 1.95 bits per heavy atom. The summed E-state index contributed by atoms with van der Waals surface area (Å²) in [6, 6.07) is 0. The van der Waals surface area contributed by atoms with Crippen molar-refractivity contribution in [1.29, 1.82) is 0 Å². The zero-order valence-corrected chi connectivity index (χ0v) is 13.7. The van der Waals surface area contributed by atoms with Crippen LogP contribution in [0.5, 0.6) is 0 Å². The minimum Gasteiger partial charge on any atom is -0.396 e. The van der Waals surface area contributed by atoms with Gasteiger partial charge in [0.25, 0.3) is 0 Å². The predicted molar refractivity (Wildman–Crippen MR) is 84.2 cm³/mol. The third kappa shape index (κ3) is 3.07. The molecule has 1 aliphatic rings. The van der Waals surface area contributed by atoms with Gasteiger partial charge in [-0.25, -0.2) is 15.0 Å². The van der Waals surface area contributed by atoms with Crippen LogP contribution in [0.4, 0.5) is 0 Å². The smallest absolute Gasteiger partial charge is 0.163 e. The van der Waals surface area contributed by atoms with E-state index in [0.717, 1.165) is 42.1 Å². The Morgan fingerprint density at radius 1 is 1.29 bits per heavy atom. The maximum absolute atomic E-state index is 9.46. The van der Waals surface area contributed by atoms with Crippen LogP contribution in [0.3, 0.4) is 0 Å². The molecule has 0 unspecified atom stereocenters. The molecular formula is C16H26N4O. The summed E-state index contributed by atoms with van der Waals surface area (Å²) in [5, 5.41) is 9.46. The fourth-order valence-corrected chi connectivity index (χ4v) is 2.50. The lowest BCUT2D eigenvalue weighted by atomic mass is 10.1. The van der Waals surface area contributed by atoms with Crippen LogP contribution in [0.15, 0.2) is 6.33 Å². The minimum absolute atomic E-state index is 0.0600. The molecule has 2 aromatic rings. The highest BCUT2D eigenvalue weighted by atomic mass is 16.3. The van der Waals surface area contributed by atoms with Crippen molar-refractivity contribution in [2.75, 3.05) is 6.61 Å². The fourth-order valence-electron chi connectivity index (χ4n) is 2.50. The monoisotopic (exact) mass is 290 g/mol. The molecule has 0 aromatic carbocycles. The molecular weight excluding hydrogens is 264 g/mol. The van der Waals surface area contributed by atoms with E-state index in [1.54, 1.807) is 0 Å². The van der Waals surface area contributed by atoms with Crippen molar-refractivity contribution in [3.63, 3.8) is 0 Å². The van der Waals surface area contributed by atoms with Crippen LogP contribution >= 0.6 is 0 Å². The molecule has 0 radical (unpaired) electrons. The molecule has 5 nitrogen and oxygen atoms in total. The van der Waals surface area contributed by atoms with Crippen LogP contribution < -0.4 is 0 Å². The molecule has 1 fully saturated rings. The molecule has 2 heterocycles. The first kappa shape index (κ1) is 15.9. The Labute approximate surface area is 126 Å². The van der Waals surface area contributed by atoms with Gasteiger partial charge in [-0.3, -0.25) is 0 Å². The van der Waals surface area contributed by atoms with Gasteiger partial charge in [0.2, 0.25) is 0 Å². The molecule has 0 bridgehead atoms. The number of nitrogens with zero attached hydrogens (tertiary/aromatic N) is 4. The van der Waals surface area contributed by atoms with E-state index in [0.29, 0.717) is 5.92 Å². The number of rotatable bonds is 4. The summed E-state index contributed by atoms with van der Waals surface area (Å²) in [6.07, 6.45) is 4.01. The molecule has 21 heavy (non-hydrogen) atoms. The van der Waals surface area contributed by atoms with E-state index >= 15 is 0 Å². The van der Waals surface area contributed by atoms with E-state index in [1.807, 2.05) is 27.1 Å². The van der Waals surface area contributed by atoms with E-state index in [1.165, 1.54) is 0 Å². The number of hydrogen-bond acceptors (Lipinski definition) is 4. The second kappa shape index (κ2) is 6.10. The fraction of sp³-hybridized carbons (Fsp3) is 0.688. The summed E-state index contributed by atoms with van der Waals surface area (Å²) >= 11 is 0. The molecule has 2 aromatic heterocycles. The van der Waals surface area contributed by atoms with Crippen molar-refractivity contribution in [1.82, 2.24) is 19.5 Å². The average Bonchev–Trinajstić information content (AvgIpc) is 3.15. The van der Waals surface area contributed by atoms with E-state index < -0.39 is 0 Å². The van der Waals surface area contributed by atoms with E-state index in [-0.39, 0.29) is 12.0 Å². The van der Waals surface area contributed by atoms with Gasteiger partial charge < -0.3 is 9.67 Å². The second-order valence-corrected chi connectivity index (χ2v) is 6.01. The van der Waals surface area contributed by atoms with Crippen LogP contribution in [0.2, 0.25) is 0 Å². The van der Waals surface area contributed by atoms with Crippen molar-refractivity contribution >= 4 is 11.2 Å². The Balaban J connectivity index is 0.000000774. The maximum Gasteiger partial charge on any atom is 0.163 e. The van der Waals surface area contributed by atoms with Crippen molar-refractivity contribution < 1.29 is 5.11 Å². The second-order valence-electron chi connectivity index (χ2n) is 6.01. The average molecular weight is 290 g/mol. The molecule has 0 aliphatic heterocycles. The SMILES string of the molecule is CC.Cc1nc(C(C)C)c2ncn(CC3(CO)CC3)c2n1. The summed E-state index contributed by atoms with van der Waals surface area (Å²) < 4.78 is 2.07. The molecule has 0 amide bonds. The molecule has 3 rings (SSSR count). The molecule has 116 valence electrons. The maximum atomic E-state index is 9.46. The van der Waals surface area contributed by atoms with Crippen molar-refractivity contribution in [2.24, 2.45) is 5.41 Å². The highest BCUT2D eigenvalue weighted by molar-refractivity contribution is 5.74. The van der Waals surface area contributed by atoms with Gasteiger partial charge in [0.05, 0.1) is 18.6 Å². The summed E-state index contributed by atoms with van der Waals surface area (Å²) in [5.74, 6) is 1.12. The van der Waals surface area contributed by atoms with Crippen LogP contribution in [0.1, 0.15) is 58.0 Å². The Hall–Kier alpha value is -1.49. The lowest BCUT2D eigenvalue weighted by Gasteiger charge is -2.13. The Morgan fingerprint density at radius 3 is 2.48 bits per heavy atom. The van der Waals surface area contributed by atoms with Crippen LogP contribution in [0, 0.1) is 12.3 Å². The first-order chi connectivity index (χ1) is 10.0. The highest BCUT2D eigenvalue weighted by Crippen LogP contribution is 2.46. The van der Waals surface area contributed by atoms with Gasteiger partial charge >= 0.3 is 0 Å². The molecule has 0 saturated heterocycles. The van der Waals surface area contributed by atoms with Gasteiger partial charge in [-0.1, -0.05) is 27.7 Å². The number of aryl methyl sites for hydroxylation is 1. The zero-order chi connectivity index (χ0) is 15.6. The first-order valence-electron chi connectivity index (χ1n) is 7.85. The van der Waals surface area contributed by atoms with Gasteiger partial charge in [-0.2, -0.15) is 0 Å². The van der Waals surface area contributed by atoms with Gasteiger partial charge in [0.15, 0.2) is 5.65 Å². The predicted octanol–water partition coefficient (Wildman–Crippen LogP) is 3.06. The lowest BCUT2D eigenvalue weighted by Crippen LogP contribution is -2.15. The molecule has 5 heteroatoms. The lowest BCUT2D eigenvalue weighted by molar-refractivity contribution is 0.195. The summed E-state index contributed by atoms with van der Waals surface area (Å²) in [5.41, 5.74) is 2.87. The van der Waals surface area contributed by atoms with Gasteiger partial charge in [0.1, 0.15) is 11.3 Å². The van der Waals surface area contributed by atoms with E-state index in [9.17, 15) is 5.11 Å². The van der Waals surface area contributed by atoms with Gasteiger partial charge in [0, 0.05) is 12.0 Å². The first-order valence-corrected chi connectivity index (χ1v) is 7.85. The molecule has 1 N–H and O–H groups in total. The topological polar surface area (TPSA) is 63.8 Å². The molecule has 1 saturated carbocycles. The van der Waals surface area contributed by atoms with Gasteiger partial charge in [-0.15, -0.1) is 0 Å². The minimum atomic E-state index is 0.0600. The van der Waals surface area contributed by atoms with Crippen molar-refractivity contribution in [3.05, 3.63) is 17.8 Å². The number of fused-ring (bicyclic) bond motifs is 1. The third-order valence-corrected chi connectivity index (χ3v) is 3.95. The summed E-state index contributed by atoms with van der Waals surface area (Å²) in [4.78, 5) is 13.5. The summed E-state index contributed by atoms with van der Waals surface area (Å²) in [7, 11) is 0. The molecule has 0 spiro atoms. The van der Waals surface area contributed by atoms with Crippen molar-refractivity contribution in [2.45, 2.75) is 59.9 Å². The third-order valence-electron chi connectivity index (χ3n) is 3.95. The number of aliphatic hydroxyl groups excluding tert-OH is 1. The van der Waals surface area contributed by atoms with E-state index in [4.69, 9.17) is 0 Å². The highest BCUT2D eigenvalue weighted by Gasteiger charge is 2.42. The molecule has 1 aliphatic carbocycles. The number of hydrogen-bond donors (Lipinski definition) is 1. The zero-order valence-electron chi connectivity index (χ0n) is 13.7. The van der Waals surface area contributed by atoms with Crippen LogP contribution in [-0.2, 0) is 6.54 Å². The van der Waals surface area contributed by atoms with Crippen LogP contribution in [-0.4, -0.2) is 31.2 Å². The Kier molecular flexibility index (Phi) is 4.61. The normalized spacial score (nSPS) is 16.0. The molecule has 0 atom stereocenters. The van der Waals surface area contributed by atoms with Crippen molar-refractivity contribution in [3.8, 4) is 0 Å². The van der Waals surface area contributed by atoms with Crippen LogP contribution in [0.25, 0.3) is 11.2 Å².